The van der Waals surface area contributed by atoms with Crippen LogP contribution in [-0.2, 0) is 0 Å². The summed E-state index contributed by atoms with van der Waals surface area (Å²) in [7, 11) is 2.10. The van der Waals surface area contributed by atoms with Crippen LogP contribution in [0.1, 0.15) is 0 Å². The number of halogens is 2. The molecule has 2 rings (SSSR count). The van der Waals surface area contributed by atoms with Gasteiger partial charge in [-0.25, -0.2) is 0 Å². The summed E-state index contributed by atoms with van der Waals surface area (Å²) in [5.41, 5.74) is 2.86. The molecule has 0 spiro atoms. The number of alkyl halides is 1. The number of nitrogens with zero attached hydrogens (tertiary/aromatic N) is 1. The lowest BCUT2D eigenvalue weighted by Gasteiger charge is -2.05. The van der Waals surface area contributed by atoms with E-state index in [1.807, 2.05) is 11.8 Å². The summed E-state index contributed by atoms with van der Waals surface area (Å²) in [5, 5.41) is 0. The molecule has 1 nitrogen and oxygen atoms in total. The number of rotatable bonds is 0. The molecule has 0 radical (unpaired) electrons. The molecule has 4 heteroatoms. The minimum atomic E-state index is 0.455. The number of thioether (sulfide) groups is 1. The first-order chi connectivity index (χ1) is 5.18. The van der Waals surface area contributed by atoms with Crippen LogP contribution in [0.3, 0.4) is 0 Å². The Labute approximate surface area is 87.2 Å². The highest BCUT2D eigenvalue weighted by Crippen LogP contribution is 2.49. The molecular formula is C7H7Br2NS. The molecule has 0 amide bonds. The maximum absolute atomic E-state index is 3.61. The first-order valence-electron chi connectivity index (χ1n) is 3.30. The molecule has 0 bridgehead atoms. The lowest BCUT2D eigenvalue weighted by Crippen LogP contribution is -2.06. The molecule has 0 saturated heterocycles. The highest BCUT2D eigenvalue weighted by molar-refractivity contribution is 9.15. The van der Waals surface area contributed by atoms with Gasteiger partial charge in [0.15, 0.2) is 0 Å². The van der Waals surface area contributed by atoms with Gasteiger partial charge < -0.3 is 4.90 Å². The van der Waals surface area contributed by atoms with E-state index in [-0.39, 0.29) is 0 Å². The van der Waals surface area contributed by atoms with Crippen LogP contribution in [0.25, 0.3) is 0 Å². The standard InChI is InChI=1S/C7H7Br2NS/c1-10-2-4-5(3-10)7(9)11-6(4)8/h2,6H,3H2,1H3. The molecule has 60 valence electrons. The predicted octanol–water partition coefficient (Wildman–Crippen LogP) is 2.89. The van der Waals surface area contributed by atoms with Crippen LogP contribution in [0.15, 0.2) is 21.2 Å². The molecule has 0 fully saturated rings. The molecule has 1 unspecified atom stereocenters. The SMILES string of the molecule is CN1C=C2C(=C(Br)SC2Br)C1. The Morgan fingerprint density at radius 1 is 1.73 bits per heavy atom. The lowest BCUT2D eigenvalue weighted by atomic mass is 10.2. The van der Waals surface area contributed by atoms with Gasteiger partial charge in [0.05, 0.1) is 7.97 Å². The maximum Gasteiger partial charge on any atom is 0.0919 e. The van der Waals surface area contributed by atoms with Gasteiger partial charge in [0.2, 0.25) is 0 Å². The van der Waals surface area contributed by atoms with Crippen molar-refractivity contribution in [2.24, 2.45) is 0 Å². The highest BCUT2D eigenvalue weighted by atomic mass is 79.9. The third-order valence-electron chi connectivity index (χ3n) is 1.80. The molecule has 0 aromatic rings. The fraction of sp³-hybridized carbons (Fsp3) is 0.429. The topological polar surface area (TPSA) is 3.24 Å². The minimum absolute atomic E-state index is 0.455. The van der Waals surface area contributed by atoms with Crippen LogP contribution in [-0.4, -0.2) is 22.7 Å². The van der Waals surface area contributed by atoms with Gasteiger partial charge >= 0.3 is 0 Å². The Bertz CT molecular complexity index is 259. The van der Waals surface area contributed by atoms with Gasteiger partial charge in [-0.3, -0.25) is 0 Å². The van der Waals surface area contributed by atoms with Gasteiger partial charge in [-0.1, -0.05) is 27.7 Å². The van der Waals surface area contributed by atoms with E-state index in [1.54, 1.807) is 0 Å². The summed E-state index contributed by atoms with van der Waals surface area (Å²) in [6.07, 6.45) is 2.20. The van der Waals surface area contributed by atoms with Gasteiger partial charge in [-0.05, 0) is 27.1 Å². The molecule has 2 aliphatic rings. The number of fused-ring (bicyclic) bond motifs is 1. The summed E-state index contributed by atoms with van der Waals surface area (Å²) in [4.78, 5) is 2.21. The second-order valence-electron chi connectivity index (χ2n) is 2.69. The second kappa shape index (κ2) is 2.82. The molecule has 0 aromatic heterocycles. The van der Waals surface area contributed by atoms with Crippen molar-refractivity contribution in [3.8, 4) is 0 Å². The highest BCUT2D eigenvalue weighted by Gasteiger charge is 2.31. The molecule has 11 heavy (non-hydrogen) atoms. The van der Waals surface area contributed by atoms with Gasteiger partial charge in [-0.15, -0.1) is 0 Å². The van der Waals surface area contributed by atoms with Crippen molar-refractivity contribution < 1.29 is 0 Å². The maximum atomic E-state index is 3.61. The number of hydrogen-bond donors (Lipinski definition) is 0. The first-order valence-corrected chi connectivity index (χ1v) is 5.89. The van der Waals surface area contributed by atoms with Crippen molar-refractivity contribution in [3.05, 3.63) is 21.2 Å². The van der Waals surface area contributed by atoms with E-state index in [4.69, 9.17) is 0 Å². The van der Waals surface area contributed by atoms with Crippen LogP contribution in [0.4, 0.5) is 0 Å². The van der Waals surface area contributed by atoms with Crippen molar-refractivity contribution in [2.75, 3.05) is 13.6 Å². The summed E-state index contributed by atoms with van der Waals surface area (Å²) in [6.45, 7) is 1.05. The van der Waals surface area contributed by atoms with E-state index in [0.717, 1.165) is 6.54 Å². The lowest BCUT2D eigenvalue weighted by molar-refractivity contribution is 0.523. The number of likely N-dealkylation sites (N-methyl/N-ethyl adjacent to an activating group) is 1. The molecule has 1 atom stereocenters. The molecule has 0 saturated carbocycles. The van der Waals surface area contributed by atoms with Crippen molar-refractivity contribution in [1.82, 2.24) is 4.90 Å². The third kappa shape index (κ3) is 1.29. The Balaban J connectivity index is 2.38. The first kappa shape index (κ1) is 8.20. The third-order valence-corrected chi connectivity index (χ3v) is 4.81. The number of hydrogen-bond acceptors (Lipinski definition) is 2. The second-order valence-corrected chi connectivity index (χ2v) is 6.64. The van der Waals surface area contributed by atoms with Crippen molar-refractivity contribution in [2.45, 2.75) is 4.16 Å². The van der Waals surface area contributed by atoms with Crippen LogP contribution in [0.2, 0.25) is 0 Å². The smallest absolute Gasteiger partial charge is 0.0919 e. The Morgan fingerprint density at radius 3 is 3.09 bits per heavy atom. The average molecular weight is 297 g/mol. The average Bonchev–Trinajstić information content (AvgIpc) is 2.38. The van der Waals surface area contributed by atoms with E-state index in [2.05, 4.69) is 50.0 Å². The Hall–Kier alpha value is 0.590. The quantitative estimate of drug-likeness (QED) is 0.633. The van der Waals surface area contributed by atoms with Crippen molar-refractivity contribution in [1.29, 1.82) is 0 Å². The minimum Gasteiger partial charge on any atom is -0.376 e. The molecule has 0 aliphatic carbocycles. The fourth-order valence-electron chi connectivity index (χ4n) is 1.30. The Kier molecular flexibility index (Phi) is 2.10. The molecule has 2 aliphatic heterocycles. The largest absolute Gasteiger partial charge is 0.376 e. The summed E-state index contributed by atoms with van der Waals surface area (Å²) in [6, 6.07) is 0. The van der Waals surface area contributed by atoms with E-state index < -0.39 is 0 Å². The molecule has 2 heterocycles. The van der Waals surface area contributed by atoms with Crippen LogP contribution in [0, 0.1) is 0 Å². The van der Waals surface area contributed by atoms with E-state index >= 15 is 0 Å². The summed E-state index contributed by atoms with van der Waals surface area (Å²) in [5.74, 6) is 0. The Morgan fingerprint density at radius 2 is 2.45 bits per heavy atom. The van der Waals surface area contributed by atoms with Crippen LogP contribution >= 0.6 is 43.6 Å². The predicted molar refractivity (Wildman–Crippen MR) is 57.0 cm³/mol. The van der Waals surface area contributed by atoms with E-state index in [1.165, 1.54) is 15.0 Å². The van der Waals surface area contributed by atoms with Crippen LogP contribution in [0.5, 0.6) is 0 Å². The zero-order valence-corrected chi connectivity index (χ0v) is 9.96. The zero-order valence-electron chi connectivity index (χ0n) is 5.97. The van der Waals surface area contributed by atoms with Gasteiger partial charge in [0.1, 0.15) is 0 Å². The van der Waals surface area contributed by atoms with Gasteiger partial charge in [0, 0.05) is 19.8 Å². The van der Waals surface area contributed by atoms with Crippen molar-refractivity contribution >= 4 is 43.6 Å². The normalized spacial score (nSPS) is 29.5. The summed E-state index contributed by atoms with van der Waals surface area (Å²) < 4.78 is 1.74. The van der Waals surface area contributed by atoms with Crippen molar-refractivity contribution in [3.63, 3.8) is 0 Å². The monoisotopic (exact) mass is 295 g/mol. The zero-order chi connectivity index (χ0) is 8.01. The summed E-state index contributed by atoms with van der Waals surface area (Å²) >= 11 is 9.00. The molecule has 0 N–H and O–H groups in total. The van der Waals surface area contributed by atoms with E-state index in [9.17, 15) is 0 Å². The van der Waals surface area contributed by atoms with Gasteiger partial charge in [0.25, 0.3) is 0 Å². The van der Waals surface area contributed by atoms with E-state index in [0.29, 0.717) is 4.16 Å². The van der Waals surface area contributed by atoms with Crippen LogP contribution < -0.4 is 0 Å². The molecule has 0 aromatic carbocycles. The molecular weight excluding hydrogens is 290 g/mol. The fourth-order valence-corrected chi connectivity index (χ4v) is 4.76. The van der Waals surface area contributed by atoms with Gasteiger partial charge in [-0.2, -0.15) is 0 Å².